The van der Waals surface area contributed by atoms with Crippen LogP contribution in [0.5, 0.6) is 0 Å². The molecule has 0 saturated carbocycles. The molecule has 1 N–H and O–H groups in total. The van der Waals surface area contributed by atoms with Crippen LogP contribution in [0.3, 0.4) is 0 Å². The van der Waals surface area contributed by atoms with Crippen LogP contribution in [0.15, 0.2) is 36.4 Å². The maximum absolute atomic E-state index is 13.7. The Hall–Kier alpha value is -3.62. The maximum Gasteiger partial charge on any atom is 0.359 e. The van der Waals surface area contributed by atoms with Gasteiger partial charge in [-0.1, -0.05) is 6.07 Å². The van der Waals surface area contributed by atoms with Crippen LogP contribution in [0.4, 0.5) is 8.78 Å². The van der Waals surface area contributed by atoms with Gasteiger partial charge in [-0.3, -0.25) is 0 Å². The molecule has 0 radical (unpaired) electrons. The summed E-state index contributed by atoms with van der Waals surface area (Å²) in [5, 5.41) is 14.9. The van der Waals surface area contributed by atoms with Crippen LogP contribution in [-0.4, -0.2) is 31.2 Å². The van der Waals surface area contributed by atoms with Gasteiger partial charge in [0.25, 0.3) is 0 Å². The molecule has 2 aromatic heterocycles. The summed E-state index contributed by atoms with van der Waals surface area (Å²) < 4.78 is 33.9. The number of halogens is 2. The summed E-state index contributed by atoms with van der Waals surface area (Å²) in [6.45, 7) is 0.0639. The van der Waals surface area contributed by atoms with E-state index in [0.29, 0.717) is 24.0 Å². The van der Waals surface area contributed by atoms with E-state index in [9.17, 15) is 13.6 Å². The topological polar surface area (TPSA) is 85.7 Å². The second-order valence-corrected chi connectivity index (χ2v) is 6.86. The lowest BCUT2D eigenvalue weighted by molar-refractivity contribution is 0.0464. The molecule has 5 rings (SSSR count). The number of benzene rings is 2. The Labute approximate surface area is 163 Å². The number of nitrogens with zero attached hydrogens (tertiary/aromatic N) is 4. The number of carbonyl (C=O) groups is 1. The van der Waals surface area contributed by atoms with E-state index in [1.807, 2.05) is 6.07 Å². The monoisotopic (exact) mass is 395 g/mol. The van der Waals surface area contributed by atoms with Gasteiger partial charge in [0.2, 0.25) is 0 Å². The Morgan fingerprint density at radius 3 is 2.79 bits per heavy atom. The first-order valence-corrected chi connectivity index (χ1v) is 9.13. The van der Waals surface area contributed by atoms with Gasteiger partial charge in [0.15, 0.2) is 17.3 Å². The maximum atomic E-state index is 13.7. The number of aromatic amines is 1. The fraction of sp³-hybridized carbons (Fsp3) is 0.200. The molecular weight excluding hydrogens is 380 g/mol. The lowest BCUT2D eigenvalue weighted by atomic mass is 10.2. The van der Waals surface area contributed by atoms with Gasteiger partial charge in [0.05, 0.1) is 5.69 Å². The van der Waals surface area contributed by atoms with E-state index in [-0.39, 0.29) is 12.3 Å². The molecule has 7 nitrogen and oxygen atoms in total. The average molecular weight is 395 g/mol. The lowest BCUT2D eigenvalue weighted by Crippen LogP contribution is -2.09. The minimum absolute atomic E-state index is 0.0639. The van der Waals surface area contributed by atoms with Crippen LogP contribution in [0.2, 0.25) is 0 Å². The van der Waals surface area contributed by atoms with Crippen LogP contribution in [-0.2, 0) is 24.2 Å². The van der Waals surface area contributed by atoms with Gasteiger partial charge >= 0.3 is 5.97 Å². The summed E-state index contributed by atoms with van der Waals surface area (Å²) in [4.78, 5) is 12.7. The van der Waals surface area contributed by atoms with E-state index in [1.165, 1.54) is 10.7 Å². The average Bonchev–Trinajstić information content (AvgIpc) is 3.44. The molecule has 1 aliphatic carbocycles. The second-order valence-electron chi connectivity index (χ2n) is 6.86. The molecule has 0 saturated heterocycles. The van der Waals surface area contributed by atoms with Crippen molar-refractivity contribution in [3.63, 3.8) is 0 Å². The molecule has 0 fully saturated rings. The Morgan fingerprint density at radius 1 is 1.07 bits per heavy atom. The zero-order valence-electron chi connectivity index (χ0n) is 15.2. The minimum atomic E-state index is -0.961. The van der Waals surface area contributed by atoms with Crippen molar-refractivity contribution in [1.29, 1.82) is 0 Å². The summed E-state index contributed by atoms with van der Waals surface area (Å²) in [5.74, 6) is -2.44. The predicted molar refractivity (Wildman–Crippen MR) is 98.5 cm³/mol. The normalized spacial score (nSPS) is 13.0. The highest BCUT2D eigenvalue weighted by Gasteiger charge is 2.28. The minimum Gasteiger partial charge on any atom is -0.456 e. The van der Waals surface area contributed by atoms with Crippen molar-refractivity contribution in [3.8, 4) is 5.69 Å². The van der Waals surface area contributed by atoms with Gasteiger partial charge in [0.1, 0.15) is 17.6 Å². The summed E-state index contributed by atoms with van der Waals surface area (Å²) in [6, 6.07) is 8.94. The summed E-state index contributed by atoms with van der Waals surface area (Å²) in [5.41, 5.74) is 4.39. The number of aromatic nitrogens is 5. The molecule has 0 bridgehead atoms. The fourth-order valence-electron chi connectivity index (χ4n) is 3.62. The first-order valence-electron chi connectivity index (χ1n) is 9.13. The van der Waals surface area contributed by atoms with E-state index in [1.54, 1.807) is 12.1 Å². The molecule has 9 heteroatoms. The highest BCUT2D eigenvalue weighted by molar-refractivity contribution is 5.89. The third-order valence-electron chi connectivity index (χ3n) is 5.02. The van der Waals surface area contributed by atoms with E-state index in [4.69, 9.17) is 4.74 Å². The van der Waals surface area contributed by atoms with Crippen molar-refractivity contribution in [2.75, 3.05) is 0 Å². The number of H-pyrrole nitrogens is 1. The molecule has 0 unspecified atom stereocenters. The molecule has 29 heavy (non-hydrogen) atoms. The van der Waals surface area contributed by atoms with E-state index < -0.39 is 17.6 Å². The number of carbonyl (C=O) groups excluding carboxylic acids is 1. The molecule has 4 aromatic rings. The third kappa shape index (κ3) is 3.04. The van der Waals surface area contributed by atoms with Crippen LogP contribution in [0.25, 0.3) is 16.7 Å². The molecule has 1 aliphatic rings. The molecule has 0 amide bonds. The van der Waals surface area contributed by atoms with E-state index >= 15 is 0 Å². The Bertz CT molecular complexity index is 1250. The Kier molecular flexibility index (Phi) is 4.08. The van der Waals surface area contributed by atoms with Crippen LogP contribution in [0, 0.1) is 11.6 Å². The number of hydrogen-bond acceptors (Lipinski definition) is 5. The standard InChI is InChI=1S/C20H15F2N5O2/c21-14-6-5-12(9-15(14)22)27-18-3-1-2-13(18)19(25-27)20(28)29-10-11-4-7-16-17(8-11)24-26-23-16/h4-9H,1-3,10H2,(H,23,24,26). The molecule has 146 valence electrons. The van der Waals surface area contributed by atoms with E-state index in [2.05, 4.69) is 20.5 Å². The zero-order chi connectivity index (χ0) is 20.0. The van der Waals surface area contributed by atoms with Crippen molar-refractivity contribution in [2.24, 2.45) is 0 Å². The number of nitrogens with one attached hydrogen (secondary N) is 1. The van der Waals surface area contributed by atoms with Gasteiger partial charge < -0.3 is 4.74 Å². The molecule has 0 spiro atoms. The van der Waals surface area contributed by atoms with Gasteiger partial charge in [0, 0.05) is 17.3 Å². The van der Waals surface area contributed by atoms with Crippen LogP contribution >= 0.6 is 0 Å². The largest absolute Gasteiger partial charge is 0.456 e. The molecule has 0 atom stereocenters. The first kappa shape index (κ1) is 17.5. The van der Waals surface area contributed by atoms with Gasteiger partial charge in [-0.2, -0.15) is 20.5 Å². The van der Waals surface area contributed by atoms with Crippen LogP contribution in [0.1, 0.15) is 33.7 Å². The SMILES string of the molecule is O=C(OCc1ccc2n[nH]nc2c1)c1nn(-c2ccc(F)c(F)c2)c2c1CCC2. The third-order valence-corrected chi connectivity index (χ3v) is 5.02. The second kappa shape index (κ2) is 6.77. The van der Waals surface area contributed by atoms with Gasteiger partial charge in [-0.05, 0) is 49.1 Å². The first-order chi connectivity index (χ1) is 14.1. The number of esters is 1. The zero-order valence-corrected chi connectivity index (χ0v) is 15.2. The molecule has 2 heterocycles. The summed E-state index contributed by atoms with van der Waals surface area (Å²) in [6.07, 6.45) is 2.26. The fourth-order valence-corrected chi connectivity index (χ4v) is 3.62. The molecule has 2 aromatic carbocycles. The Morgan fingerprint density at radius 2 is 1.93 bits per heavy atom. The van der Waals surface area contributed by atoms with Crippen molar-refractivity contribution in [2.45, 2.75) is 25.9 Å². The van der Waals surface area contributed by atoms with Gasteiger partial charge in [-0.15, -0.1) is 0 Å². The Balaban J connectivity index is 1.41. The smallest absolute Gasteiger partial charge is 0.359 e. The number of ether oxygens (including phenoxy) is 1. The highest BCUT2D eigenvalue weighted by Crippen LogP contribution is 2.29. The number of hydrogen-bond donors (Lipinski definition) is 1. The van der Waals surface area contributed by atoms with Crippen LogP contribution < -0.4 is 0 Å². The summed E-state index contributed by atoms with van der Waals surface area (Å²) >= 11 is 0. The summed E-state index contributed by atoms with van der Waals surface area (Å²) in [7, 11) is 0. The van der Waals surface area contributed by atoms with Crippen molar-refractivity contribution < 1.29 is 18.3 Å². The predicted octanol–water partition coefficient (Wildman–Crippen LogP) is 3.27. The van der Waals surface area contributed by atoms with Crippen molar-refractivity contribution in [3.05, 3.63) is 70.5 Å². The van der Waals surface area contributed by atoms with Crippen molar-refractivity contribution in [1.82, 2.24) is 25.2 Å². The quantitative estimate of drug-likeness (QED) is 0.536. The van der Waals surface area contributed by atoms with E-state index in [0.717, 1.165) is 40.9 Å². The van der Waals surface area contributed by atoms with Gasteiger partial charge in [-0.25, -0.2) is 18.3 Å². The highest BCUT2D eigenvalue weighted by atomic mass is 19.2. The lowest BCUT2D eigenvalue weighted by Gasteiger charge is -2.06. The van der Waals surface area contributed by atoms with Crippen molar-refractivity contribution >= 4 is 17.0 Å². The number of fused-ring (bicyclic) bond motifs is 2. The molecule has 0 aliphatic heterocycles. The molecular formula is C20H15F2N5O2. The number of rotatable bonds is 4.